The summed E-state index contributed by atoms with van der Waals surface area (Å²) in [5, 5.41) is 7.74. The molecular weight excluding hydrogens is 460 g/mol. The van der Waals surface area contributed by atoms with E-state index in [0.29, 0.717) is 22.8 Å². The largest absolute Gasteiger partial charge is 0.357 e. The van der Waals surface area contributed by atoms with E-state index in [1.165, 1.54) is 0 Å². The molecule has 1 aromatic rings. The molecule has 0 bridgehead atoms. The van der Waals surface area contributed by atoms with Gasteiger partial charge in [-0.05, 0) is 33.4 Å². The summed E-state index contributed by atoms with van der Waals surface area (Å²) in [6.07, 6.45) is 0. The molecule has 0 aliphatic rings. The molecule has 0 atom stereocenters. The number of likely N-dealkylation sites (N-methyl/N-ethyl adjacent to an activating group) is 1. The molecule has 0 aromatic carbocycles. The predicted molar refractivity (Wildman–Crippen MR) is 116 cm³/mol. The van der Waals surface area contributed by atoms with Crippen molar-refractivity contribution in [2.75, 3.05) is 26.2 Å². The lowest BCUT2D eigenvalue weighted by molar-refractivity contribution is 0.237. The van der Waals surface area contributed by atoms with Crippen molar-refractivity contribution in [1.29, 1.82) is 0 Å². The van der Waals surface area contributed by atoms with Gasteiger partial charge >= 0.3 is 0 Å². The molecular formula is C16H30Cl2IN5. The fraction of sp³-hybridized carbons (Fsp3) is 0.688. The molecule has 0 saturated heterocycles. The molecule has 0 saturated carbocycles. The van der Waals surface area contributed by atoms with Crippen molar-refractivity contribution < 1.29 is 0 Å². The number of hydrogen-bond donors (Lipinski definition) is 2. The van der Waals surface area contributed by atoms with Gasteiger partial charge in [0.25, 0.3) is 0 Å². The van der Waals surface area contributed by atoms with Gasteiger partial charge in [-0.15, -0.1) is 24.0 Å². The second-order valence-corrected chi connectivity index (χ2v) is 6.44. The highest BCUT2D eigenvalue weighted by Crippen LogP contribution is 2.25. The number of nitrogens with one attached hydrogen (secondary N) is 2. The van der Waals surface area contributed by atoms with Crippen LogP contribution in [-0.2, 0) is 13.6 Å². The van der Waals surface area contributed by atoms with Crippen LogP contribution < -0.4 is 10.6 Å². The first-order valence-corrected chi connectivity index (χ1v) is 8.92. The molecule has 1 heterocycles. The zero-order valence-corrected chi connectivity index (χ0v) is 19.0. The lowest BCUT2D eigenvalue weighted by Crippen LogP contribution is -2.43. The van der Waals surface area contributed by atoms with Crippen LogP contribution in [0.1, 0.15) is 33.4 Å². The van der Waals surface area contributed by atoms with Gasteiger partial charge in [0.2, 0.25) is 0 Å². The molecule has 0 fully saturated rings. The molecule has 0 unspecified atom stereocenters. The van der Waals surface area contributed by atoms with E-state index in [1.54, 1.807) is 0 Å². The van der Waals surface area contributed by atoms with E-state index in [2.05, 4.69) is 48.2 Å². The second kappa shape index (κ2) is 12.2. The number of rotatable bonds is 8. The SMILES string of the molecule is CCNC(=NCc1cc(Cl)c(Cl)n1C)NCCN(CC)C(C)C.I. The van der Waals surface area contributed by atoms with Crippen molar-refractivity contribution in [3.8, 4) is 0 Å². The van der Waals surface area contributed by atoms with E-state index >= 15 is 0 Å². The van der Waals surface area contributed by atoms with E-state index in [0.717, 1.165) is 37.8 Å². The quantitative estimate of drug-likeness (QED) is 0.332. The maximum Gasteiger partial charge on any atom is 0.191 e. The summed E-state index contributed by atoms with van der Waals surface area (Å²) in [7, 11) is 1.89. The highest BCUT2D eigenvalue weighted by Gasteiger charge is 2.09. The first-order chi connectivity index (χ1) is 10.9. The van der Waals surface area contributed by atoms with Crippen LogP contribution in [0.25, 0.3) is 0 Å². The summed E-state index contributed by atoms with van der Waals surface area (Å²) in [4.78, 5) is 7.01. The Balaban J connectivity index is 0.00000529. The van der Waals surface area contributed by atoms with Crippen molar-refractivity contribution in [3.63, 3.8) is 0 Å². The molecule has 24 heavy (non-hydrogen) atoms. The lowest BCUT2D eigenvalue weighted by Gasteiger charge is -2.25. The molecule has 0 radical (unpaired) electrons. The predicted octanol–water partition coefficient (Wildman–Crippen LogP) is 3.74. The summed E-state index contributed by atoms with van der Waals surface area (Å²) in [6.45, 7) is 12.9. The fourth-order valence-electron chi connectivity index (χ4n) is 2.34. The second-order valence-electron chi connectivity index (χ2n) is 5.68. The average Bonchev–Trinajstić information content (AvgIpc) is 2.75. The van der Waals surface area contributed by atoms with Crippen molar-refractivity contribution in [2.45, 2.75) is 40.3 Å². The summed E-state index contributed by atoms with van der Waals surface area (Å²) in [5.41, 5.74) is 0.981. The molecule has 1 rings (SSSR count). The number of nitrogens with zero attached hydrogens (tertiary/aromatic N) is 3. The van der Waals surface area contributed by atoms with Crippen molar-refractivity contribution >= 4 is 53.1 Å². The Morgan fingerprint density at radius 1 is 1.29 bits per heavy atom. The molecule has 0 spiro atoms. The lowest BCUT2D eigenvalue weighted by atomic mass is 10.3. The minimum Gasteiger partial charge on any atom is -0.357 e. The van der Waals surface area contributed by atoms with E-state index < -0.39 is 0 Å². The van der Waals surface area contributed by atoms with Crippen LogP contribution in [0.15, 0.2) is 11.1 Å². The molecule has 140 valence electrons. The highest BCUT2D eigenvalue weighted by molar-refractivity contribution is 14.0. The van der Waals surface area contributed by atoms with E-state index in [1.807, 2.05) is 17.7 Å². The maximum atomic E-state index is 6.08. The van der Waals surface area contributed by atoms with Crippen LogP contribution in [0.2, 0.25) is 10.2 Å². The number of aliphatic imine (C=N–C) groups is 1. The molecule has 5 nitrogen and oxygen atoms in total. The van der Waals surface area contributed by atoms with Gasteiger partial charge in [-0.2, -0.15) is 0 Å². The van der Waals surface area contributed by atoms with Gasteiger partial charge in [-0.1, -0.05) is 30.1 Å². The van der Waals surface area contributed by atoms with Gasteiger partial charge in [-0.25, -0.2) is 4.99 Å². The van der Waals surface area contributed by atoms with Crippen molar-refractivity contribution in [3.05, 3.63) is 21.9 Å². The van der Waals surface area contributed by atoms with E-state index in [4.69, 9.17) is 23.2 Å². The van der Waals surface area contributed by atoms with Crippen LogP contribution in [-0.4, -0.2) is 47.6 Å². The number of guanidine groups is 1. The van der Waals surface area contributed by atoms with Crippen LogP contribution in [0.3, 0.4) is 0 Å². The molecule has 0 amide bonds. The van der Waals surface area contributed by atoms with Gasteiger partial charge in [0, 0.05) is 38.4 Å². The first kappa shape index (κ1) is 23.8. The van der Waals surface area contributed by atoms with Crippen LogP contribution >= 0.6 is 47.2 Å². The summed E-state index contributed by atoms with van der Waals surface area (Å²) in [5.74, 6) is 0.806. The molecule has 0 aliphatic heterocycles. The smallest absolute Gasteiger partial charge is 0.191 e. The van der Waals surface area contributed by atoms with Gasteiger partial charge in [0.1, 0.15) is 5.15 Å². The van der Waals surface area contributed by atoms with Gasteiger partial charge in [0.15, 0.2) is 5.96 Å². The number of aromatic nitrogens is 1. The standard InChI is InChI=1S/C16H29Cl2N5.HI/c1-6-19-16(20-8-9-23(7-2)12(3)4)21-11-13-10-14(17)15(18)22(13)5;/h10,12H,6-9,11H2,1-5H3,(H2,19,20,21);1H. The van der Waals surface area contributed by atoms with Gasteiger partial charge in [-0.3, -0.25) is 4.90 Å². The third-order valence-corrected chi connectivity index (χ3v) is 4.63. The third-order valence-electron chi connectivity index (χ3n) is 3.79. The molecule has 2 N–H and O–H groups in total. The zero-order valence-electron chi connectivity index (χ0n) is 15.2. The van der Waals surface area contributed by atoms with Crippen LogP contribution in [0, 0.1) is 0 Å². The third kappa shape index (κ3) is 7.37. The Morgan fingerprint density at radius 3 is 2.42 bits per heavy atom. The Hall–Kier alpha value is -0.180. The van der Waals surface area contributed by atoms with Crippen molar-refractivity contribution in [1.82, 2.24) is 20.1 Å². The zero-order chi connectivity index (χ0) is 17.4. The normalized spacial score (nSPS) is 11.8. The Labute approximate surface area is 173 Å². The Bertz CT molecular complexity index is 517. The molecule has 0 aliphatic carbocycles. The monoisotopic (exact) mass is 489 g/mol. The molecule has 8 heteroatoms. The van der Waals surface area contributed by atoms with Crippen LogP contribution in [0.5, 0.6) is 0 Å². The number of hydrogen-bond acceptors (Lipinski definition) is 2. The van der Waals surface area contributed by atoms with Gasteiger partial charge in [0.05, 0.1) is 11.6 Å². The number of halogens is 3. The first-order valence-electron chi connectivity index (χ1n) is 8.16. The van der Waals surface area contributed by atoms with Crippen molar-refractivity contribution in [2.24, 2.45) is 12.0 Å². The fourth-order valence-corrected chi connectivity index (χ4v) is 2.76. The summed E-state index contributed by atoms with van der Waals surface area (Å²) < 4.78 is 1.86. The Morgan fingerprint density at radius 2 is 1.96 bits per heavy atom. The van der Waals surface area contributed by atoms with E-state index in [-0.39, 0.29) is 24.0 Å². The topological polar surface area (TPSA) is 44.6 Å². The van der Waals surface area contributed by atoms with E-state index in [9.17, 15) is 0 Å². The molecule has 1 aromatic heterocycles. The maximum absolute atomic E-state index is 6.08. The Kier molecular flexibility index (Phi) is 12.1. The summed E-state index contributed by atoms with van der Waals surface area (Å²) in [6, 6.07) is 2.41. The summed E-state index contributed by atoms with van der Waals surface area (Å²) >= 11 is 12.1. The minimum atomic E-state index is 0. The minimum absolute atomic E-state index is 0. The average molecular weight is 490 g/mol. The van der Waals surface area contributed by atoms with Gasteiger partial charge < -0.3 is 15.2 Å². The highest BCUT2D eigenvalue weighted by atomic mass is 127. The van der Waals surface area contributed by atoms with Crippen LogP contribution in [0.4, 0.5) is 0 Å².